The summed E-state index contributed by atoms with van der Waals surface area (Å²) >= 11 is 0. The third kappa shape index (κ3) is 10.5. The van der Waals surface area contributed by atoms with Crippen molar-refractivity contribution in [2.24, 2.45) is 0 Å². The van der Waals surface area contributed by atoms with Gasteiger partial charge in [0.1, 0.15) is 35.0 Å². The van der Waals surface area contributed by atoms with Crippen LogP contribution in [0.25, 0.3) is 0 Å². The summed E-state index contributed by atoms with van der Waals surface area (Å²) in [5.74, 6) is -1.30. The summed E-state index contributed by atoms with van der Waals surface area (Å²) in [7, 11) is 1.48. The van der Waals surface area contributed by atoms with Crippen LogP contribution in [0.3, 0.4) is 0 Å². The molecule has 3 unspecified atom stereocenters. The lowest BCUT2D eigenvalue weighted by atomic mass is 10.1. The Hall–Kier alpha value is -5.52. The van der Waals surface area contributed by atoms with Crippen LogP contribution in [0.5, 0.6) is 11.5 Å². The van der Waals surface area contributed by atoms with Crippen LogP contribution < -0.4 is 30.7 Å². The Morgan fingerprint density at radius 2 is 1.33 bits per heavy atom. The van der Waals surface area contributed by atoms with Gasteiger partial charge < -0.3 is 40.7 Å². The smallest absolute Gasteiger partial charge is 0.271 e. The maximum absolute atomic E-state index is 13.2. The first-order valence-electron chi connectivity index (χ1n) is 15.8. The van der Waals surface area contributed by atoms with Crippen molar-refractivity contribution in [1.29, 1.82) is 0 Å². The number of nitrogens with one attached hydrogen (secondary N) is 6. The quantitative estimate of drug-likeness (QED) is 0.120. The summed E-state index contributed by atoms with van der Waals surface area (Å²) in [6.45, 7) is 20.8. The number of hydrogen-bond donors (Lipinski definition) is 6. The van der Waals surface area contributed by atoms with Crippen molar-refractivity contribution >= 4 is 23.6 Å². The van der Waals surface area contributed by atoms with Crippen molar-refractivity contribution in [2.45, 2.75) is 64.3 Å². The molecular weight excluding hydrogens is 612 g/mol. The molecule has 4 amide bonds. The van der Waals surface area contributed by atoms with E-state index in [1.54, 1.807) is 57.2 Å². The SMILES string of the molecule is C=C/C=C\C(=C)C(C)Oc1cc(C(=O)NC(C)CCNC(=O)c2[nH]c(C(=O)NC3CC3)cc2OC(C)C(=C)/C=C\C=C)[nH]c1C(=O)NC. The molecule has 0 saturated heterocycles. The van der Waals surface area contributed by atoms with Crippen molar-refractivity contribution < 1.29 is 28.7 Å². The molecule has 0 radical (unpaired) electrons. The van der Waals surface area contributed by atoms with Gasteiger partial charge in [-0.1, -0.05) is 62.8 Å². The fourth-order valence-electron chi connectivity index (χ4n) is 4.31. The molecule has 0 aromatic carbocycles. The zero-order chi connectivity index (χ0) is 35.4. The standard InChI is InChI=1S/C36H46N6O6/c1-9-11-13-21(3)24(6)47-29-19-27(41-31(29)35(45)37-8)33(43)39-23(5)17-18-38-36(46)32-30(48-25(7)22(4)14-12-10-2)20-28(42-32)34(44)40-26-15-16-26/h9-14,19-20,23-26,41-42H,1-4,15-18H2,5-8H3,(H,37,45)(H,38,46)(H,39,43)(H,40,44)/b13-11-,14-12-. The Morgan fingerprint density at radius 1 is 0.833 bits per heavy atom. The number of carbonyl (C=O) groups excluding carboxylic acids is 4. The van der Waals surface area contributed by atoms with E-state index >= 15 is 0 Å². The van der Waals surface area contributed by atoms with Crippen LogP contribution in [0, 0.1) is 0 Å². The Morgan fingerprint density at radius 3 is 1.81 bits per heavy atom. The second-order valence-electron chi connectivity index (χ2n) is 11.5. The molecule has 256 valence electrons. The second kappa shape index (κ2) is 17.4. The van der Waals surface area contributed by atoms with Crippen LogP contribution in [0.15, 0.2) is 86.1 Å². The van der Waals surface area contributed by atoms with Gasteiger partial charge in [0, 0.05) is 37.8 Å². The molecule has 48 heavy (non-hydrogen) atoms. The molecule has 0 bridgehead atoms. The molecule has 1 saturated carbocycles. The zero-order valence-electron chi connectivity index (χ0n) is 28.0. The highest BCUT2D eigenvalue weighted by Gasteiger charge is 2.27. The summed E-state index contributed by atoms with van der Waals surface area (Å²) in [5, 5.41) is 11.1. The van der Waals surface area contributed by atoms with E-state index in [1.165, 1.54) is 19.2 Å². The van der Waals surface area contributed by atoms with E-state index in [9.17, 15) is 19.2 Å². The molecule has 6 N–H and O–H groups in total. The number of ether oxygens (including phenoxy) is 2. The lowest BCUT2D eigenvalue weighted by molar-refractivity contribution is 0.0928. The number of aromatic nitrogens is 2. The monoisotopic (exact) mass is 658 g/mol. The van der Waals surface area contributed by atoms with E-state index in [0.29, 0.717) is 17.6 Å². The van der Waals surface area contributed by atoms with Gasteiger partial charge in [-0.3, -0.25) is 19.2 Å². The van der Waals surface area contributed by atoms with Gasteiger partial charge in [-0.05, 0) is 51.2 Å². The minimum Gasteiger partial charge on any atom is -0.484 e. The van der Waals surface area contributed by atoms with Gasteiger partial charge in [0.05, 0.1) is 0 Å². The third-order valence-corrected chi connectivity index (χ3v) is 7.43. The highest BCUT2D eigenvalue weighted by Crippen LogP contribution is 2.26. The highest BCUT2D eigenvalue weighted by atomic mass is 16.5. The third-order valence-electron chi connectivity index (χ3n) is 7.43. The van der Waals surface area contributed by atoms with Crippen molar-refractivity contribution in [3.8, 4) is 11.5 Å². The van der Waals surface area contributed by atoms with Crippen LogP contribution in [0.1, 0.15) is 82.0 Å². The Balaban J connectivity index is 1.64. The number of allylic oxidation sites excluding steroid dienone is 4. The summed E-state index contributed by atoms with van der Waals surface area (Å²) in [6, 6.07) is 2.74. The Kier molecular flexibility index (Phi) is 13.4. The molecule has 2 aromatic heterocycles. The highest BCUT2D eigenvalue weighted by molar-refractivity contribution is 6.01. The van der Waals surface area contributed by atoms with Crippen LogP contribution in [-0.4, -0.2) is 71.5 Å². The van der Waals surface area contributed by atoms with Crippen molar-refractivity contribution in [3.05, 3.63) is 109 Å². The fourth-order valence-corrected chi connectivity index (χ4v) is 4.31. The predicted molar refractivity (Wildman–Crippen MR) is 186 cm³/mol. The summed E-state index contributed by atoms with van der Waals surface area (Å²) in [4.78, 5) is 57.3. The zero-order valence-corrected chi connectivity index (χ0v) is 28.0. The summed E-state index contributed by atoms with van der Waals surface area (Å²) in [6.07, 6.45) is 11.4. The topological polar surface area (TPSA) is 166 Å². The van der Waals surface area contributed by atoms with Gasteiger partial charge in [-0.25, -0.2) is 0 Å². The molecule has 1 fully saturated rings. The molecule has 3 rings (SSSR count). The molecule has 12 nitrogen and oxygen atoms in total. The maximum atomic E-state index is 13.2. The molecule has 2 heterocycles. The van der Waals surface area contributed by atoms with E-state index in [2.05, 4.69) is 57.6 Å². The molecule has 3 atom stereocenters. The first kappa shape index (κ1) is 36.9. The average molecular weight is 659 g/mol. The fraction of sp³-hybridized carbons (Fsp3) is 0.333. The van der Waals surface area contributed by atoms with Crippen molar-refractivity contribution in [1.82, 2.24) is 31.2 Å². The van der Waals surface area contributed by atoms with Crippen molar-refractivity contribution in [2.75, 3.05) is 13.6 Å². The number of carbonyl (C=O) groups is 4. The van der Waals surface area contributed by atoms with Crippen LogP contribution in [-0.2, 0) is 0 Å². The van der Waals surface area contributed by atoms with Gasteiger partial charge in [-0.15, -0.1) is 0 Å². The Labute approximate surface area is 281 Å². The molecule has 1 aliphatic carbocycles. The lowest BCUT2D eigenvalue weighted by Gasteiger charge is -2.16. The predicted octanol–water partition coefficient (Wildman–Crippen LogP) is 4.66. The maximum Gasteiger partial charge on any atom is 0.271 e. The van der Waals surface area contributed by atoms with Crippen LogP contribution in [0.4, 0.5) is 0 Å². The van der Waals surface area contributed by atoms with E-state index in [0.717, 1.165) is 12.8 Å². The van der Waals surface area contributed by atoms with Gasteiger partial charge in [0.15, 0.2) is 11.5 Å². The number of H-pyrrole nitrogens is 2. The van der Waals surface area contributed by atoms with E-state index in [4.69, 9.17) is 9.47 Å². The number of aromatic amines is 2. The minimum atomic E-state index is -0.489. The molecule has 0 aliphatic heterocycles. The molecule has 2 aromatic rings. The summed E-state index contributed by atoms with van der Waals surface area (Å²) in [5.41, 5.74) is 1.83. The molecule has 1 aliphatic rings. The van der Waals surface area contributed by atoms with E-state index < -0.39 is 29.9 Å². The second-order valence-corrected chi connectivity index (χ2v) is 11.5. The first-order valence-corrected chi connectivity index (χ1v) is 15.8. The molecule has 12 heteroatoms. The van der Waals surface area contributed by atoms with Crippen LogP contribution in [0.2, 0.25) is 0 Å². The summed E-state index contributed by atoms with van der Waals surface area (Å²) < 4.78 is 12.0. The minimum absolute atomic E-state index is 0.0949. The largest absolute Gasteiger partial charge is 0.484 e. The van der Waals surface area contributed by atoms with Gasteiger partial charge in [-0.2, -0.15) is 0 Å². The Bertz CT molecular complexity index is 1610. The van der Waals surface area contributed by atoms with Crippen LogP contribution >= 0.6 is 0 Å². The van der Waals surface area contributed by atoms with Crippen molar-refractivity contribution in [3.63, 3.8) is 0 Å². The molecule has 0 spiro atoms. The average Bonchev–Trinajstić information content (AvgIpc) is 3.61. The van der Waals surface area contributed by atoms with E-state index in [1.807, 2.05) is 0 Å². The van der Waals surface area contributed by atoms with Gasteiger partial charge in [0.2, 0.25) is 0 Å². The number of hydrogen-bond acceptors (Lipinski definition) is 6. The van der Waals surface area contributed by atoms with E-state index in [-0.39, 0.29) is 58.8 Å². The molecular formula is C36H46N6O6. The van der Waals surface area contributed by atoms with Gasteiger partial charge >= 0.3 is 0 Å². The lowest BCUT2D eigenvalue weighted by Crippen LogP contribution is -2.36. The number of amides is 4. The van der Waals surface area contributed by atoms with Gasteiger partial charge in [0.25, 0.3) is 23.6 Å². The normalized spacial score (nSPS) is 14.4. The first-order chi connectivity index (χ1) is 22.9. The number of rotatable bonds is 19.